The summed E-state index contributed by atoms with van der Waals surface area (Å²) in [5, 5.41) is 3.60. The molecule has 0 aromatic heterocycles. The second-order valence-electron chi connectivity index (χ2n) is 6.48. The summed E-state index contributed by atoms with van der Waals surface area (Å²) in [6, 6.07) is 4.56. The highest BCUT2D eigenvalue weighted by molar-refractivity contribution is 14.0. The highest BCUT2D eigenvalue weighted by Gasteiger charge is 2.45. The molecule has 3 nitrogen and oxygen atoms in total. The number of hydrogen-bond acceptors (Lipinski definition) is 1. The van der Waals surface area contributed by atoms with Gasteiger partial charge in [0.15, 0.2) is 5.96 Å². The minimum atomic E-state index is -0.313. The lowest BCUT2D eigenvalue weighted by atomic mass is 9.96. The number of aliphatic imine (C=N–C) groups is 1. The van der Waals surface area contributed by atoms with E-state index in [2.05, 4.69) is 10.3 Å². The third-order valence-electron chi connectivity index (χ3n) is 3.41. The Hall–Kier alpha value is -0.560. The maximum absolute atomic E-state index is 13.1. The topological polar surface area (TPSA) is 50.4 Å². The molecule has 3 N–H and O–H groups in total. The molecule has 0 saturated heterocycles. The van der Waals surface area contributed by atoms with Gasteiger partial charge < -0.3 is 11.1 Å². The number of nitrogens with two attached hydrogens (primary N) is 1. The van der Waals surface area contributed by atoms with Crippen LogP contribution < -0.4 is 11.1 Å². The van der Waals surface area contributed by atoms with Crippen molar-refractivity contribution in [1.29, 1.82) is 0 Å². The number of halogens is 3. The summed E-state index contributed by atoms with van der Waals surface area (Å²) in [4.78, 5) is 4.41. The molecule has 1 aromatic carbocycles. The molecule has 118 valence electrons. The van der Waals surface area contributed by atoms with Crippen LogP contribution in [-0.2, 0) is 5.41 Å². The van der Waals surface area contributed by atoms with Gasteiger partial charge in [0, 0.05) is 16.0 Å². The Balaban J connectivity index is 0.00000220. The molecule has 1 fully saturated rings. The van der Waals surface area contributed by atoms with Gasteiger partial charge in [0.05, 0.1) is 6.54 Å². The second-order valence-corrected chi connectivity index (χ2v) is 6.89. The fraction of sp³-hybridized carbons (Fsp3) is 0.533. The van der Waals surface area contributed by atoms with Crippen molar-refractivity contribution in [3.63, 3.8) is 0 Å². The van der Waals surface area contributed by atoms with Crippen LogP contribution >= 0.6 is 35.6 Å². The Morgan fingerprint density at radius 1 is 1.43 bits per heavy atom. The van der Waals surface area contributed by atoms with Gasteiger partial charge in [-0.25, -0.2) is 4.39 Å². The monoisotopic (exact) mass is 425 g/mol. The van der Waals surface area contributed by atoms with E-state index in [4.69, 9.17) is 17.3 Å². The molecule has 1 aromatic rings. The number of nitrogens with zero attached hydrogens (tertiary/aromatic N) is 1. The summed E-state index contributed by atoms with van der Waals surface area (Å²) in [7, 11) is 0. The van der Waals surface area contributed by atoms with Gasteiger partial charge in [0.1, 0.15) is 5.82 Å². The first-order valence-electron chi connectivity index (χ1n) is 6.76. The van der Waals surface area contributed by atoms with E-state index >= 15 is 0 Å². The fourth-order valence-electron chi connectivity index (χ4n) is 2.24. The van der Waals surface area contributed by atoms with Gasteiger partial charge in [0.25, 0.3) is 0 Å². The molecule has 6 heteroatoms. The van der Waals surface area contributed by atoms with Crippen LogP contribution in [-0.4, -0.2) is 18.0 Å². The summed E-state index contributed by atoms with van der Waals surface area (Å²) < 4.78 is 13.1. The predicted octanol–water partition coefficient (Wildman–Crippen LogP) is 3.83. The third kappa shape index (κ3) is 4.98. The van der Waals surface area contributed by atoms with Crippen LogP contribution in [0.1, 0.15) is 39.2 Å². The Labute approximate surface area is 147 Å². The van der Waals surface area contributed by atoms with Gasteiger partial charge in [-0.1, -0.05) is 17.7 Å². The van der Waals surface area contributed by atoms with E-state index in [0.29, 0.717) is 17.5 Å². The Morgan fingerprint density at radius 3 is 2.52 bits per heavy atom. The first-order chi connectivity index (χ1) is 9.22. The maximum atomic E-state index is 13.1. The largest absolute Gasteiger partial charge is 0.370 e. The van der Waals surface area contributed by atoms with E-state index in [1.807, 2.05) is 20.8 Å². The van der Waals surface area contributed by atoms with Gasteiger partial charge in [-0.2, -0.15) is 0 Å². The lowest BCUT2D eigenvalue weighted by Crippen LogP contribution is -2.45. The smallest absolute Gasteiger partial charge is 0.189 e. The van der Waals surface area contributed by atoms with Crippen molar-refractivity contribution in [2.45, 2.75) is 44.6 Å². The SMILES string of the molecule is CC(C)(C)NC(N)=NCC1(c2ccc(F)cc2Cl)CC1.I. The highest BCUT2D eigenvalue weighted by atomic mass is 127. The van der Waals surface area contributed by atoms with Crippen molar-refractivity contribution < 1.29 is 4.39 Å². The number of nitrogens with one attached hydrogen (secondary N) is 1. The number of rotatable bonds is 3. The number of guanidine groups is 1. The fourth-order valence-corrected chi connectivity index (χ4v) is 2.61. The van der Waals surface area contributed by atoms with Crippen LogP contribution in [0, 0.1) is 5.82 Å². The van der Waals surface area contributed by atoms with Gasteiger partial charge in [-0.3, -0.25) is 4.99 Å². The molecule has 2 rings (SSSR count). The number of benzene rings is 1. The van der Waals surface area contributed by atoms with Crippen LogP contribution in [0.5, 0.6) is 0 Å². The average Bonchev–Trinajstić information content (AvgIpc) is 3.05. The summed E-state index contributed by atoms with van der Waals surface area (Å²) in [5.74, 6) is 0.119. The molecule has 1 saturated carbocycles. The van der Waals surface area contributed by atoms with Gasteiger partial charge in [0.2, 0.25) is 0 Å². The first kappa shape index (κ1) is 18.5. The van der Waals surface area contributed by atoms with Crippen molar-refractivity contribution in [2.24, 2.45) is 10.7 Å². The van der Waals surface area contributed by atoms with E-state index in [-0.39, 0.29) is 40.7 Å². The molecule has 0 radical (unpaired) electrons. The molecule has 0 atom stereocenters. The van der Waals surface area contributed by atoms with Crippen LogP contribution in [0.2, 0.25) is 5.02 Å². The molecule has 0 amide bonds. The summed E-state index contributed by atoms with van der Waals surface area (Å²) in [5.41, 5.74) is 6.66. The molecule has 21 heavy (non-hydrogen) atoms. The zero-order valence-corrected chi connectivity index (χ0v) is 15.6. The van der Waals surface area contributed by atoms with Crippen LogP contribution in [0.15, 0.2) is 23.2 Å². The average molecular weight is 426 g/mol. The summed E-state index contributed by atoms with van der Waals surface area (Å²) >= 11 is 6.14. The predicted molar refractivity (Wildman–Crippen MR) is 97.1 cm³/mol. The third-order valence-corrected chi connectivity index (χ3v) is 3.72. The van der Waals surface area contributed by atoms with Gasteiger partial charge >= 0.3 is 0 Å². The van der Waals surface area contributed by atoms with Crippen molar-refractivity contribution in [2.75, 3.05) is 6.54 Å². The van der Waals surface area contributed by atoms with E-state index in [1.165, 1.54) is 12.1 Å². The molecule has 1 aliphatic carbocycles. The molecule has 0 spiro atoms. The Morgan fingerprint density at radius 2 is 2.05 bits per heavy atom. The Bertz CT molecular complexity index is 536. The molecule has 0 unspecified atom stereocenters. The van der Waals surface area contributed by atoms with Crippen molar-refractivity contribution in [3.05, 3.63) is 34.6 Å². The van der Waals surface area contributed by atoms with E-state index < -0.39 is 0 Å². The normalized spacial score (nSPS) is 17.1. The molecule has 0 heterocycles. The minimum absolute atomic E-state index is 0. The second kappa shape index (κ2) is 6.69. The van der Waals surface area contributed by atoms with Gasteiger partial charge in [-0.15, -0.1) is 24.0 Å². The van der Waals surface area contributed by atoms with E-state index in [9.17, 15) is 4.39 Å². The molecule has 0 bridgehead atoms. The van der Waals surface area contributed by atoms with Crippen molar-refractivity contribution in [3.8, 4) is 0 Å². The zero-order valence-electron chi connectivity index (χ0n) is 12.5. The van der Waals surface area contributed by atoms with E-state index in [1.54, 1.807) is 6.07 Å². The lowest BCUT2D eigenvalue weighted by molar-refractivity contribution is 0.507. The first-order valence-corrected chi connectivity index (χ1v) is 7.13. The molecular weight excluding hydrogens is 404 g/mol. The van der Waals surface area contributed by atoms with Crippen molar-refractivity contribution in [1.82, 2.24) is 5.32 Å². The summed E-state index contributed by atoms with van der Waals surface area (Å²) in [6.45, 7) is 6.66. The zero-order chi connectivity index (χ0) is 15.0. The van der Waals surface area contributed by atoms with Crippen LogP contribution in [0.4, 0.5) is 4.39 Å². The van der Waals surface area contributed by atoms with Crippen LogP contribution in [0.3, 0.4) is 0 Å². The van der Waals surface area contributed by atoms with Crippen molar-refractivity contribution >= 4 is 41.5 Å². The van der Waals surface area contributed by atoms with E-state index in [0.717, 1.165) is 18.4 Å². The molecular formula is C15H22ClFIN3. The molecule has 0 aliphatic heterocycles. The maximum Gasteiger partial charge on any atom is 0.189 e. The highest BCUT2D eigenvalue weighted by Crippen LogP contribution is 2.50. The number of hydrogen-bond donors (Lipinski definition) is 2. The molecule has 1 aliphatic rings. The summed E-state index contributed by atoms with van der Waals surface area (Å²) in [6.07, 6.45) is 2.01. The lowest BCUT2D eigenvalue weighted by Gasteiger charge is -2.22. The van der Waals surface area contributed by atoms with Gasteiger partial charge in [-0.05, 0) is 51.3 Å². The quantitative estimate of drug-likeness (QED) is 0.439. The standard InChI is InChI=1S/C15H21ClFN3.HI/c1-14(2,3)20-13(18)19-9-15(6-7-15)11-5-4-10(17)8-12(11)16;/h4-5,8H,6-7,9H2,1-3H3,(H3,18,19,20);1H. The Kier molecular flexibility index (Phi) is 5.89. The minimum Gasteiger partial charge on any atom is -0.370 e. The van der Waals surface area contributed by atoms with Crippen LogP contribution in [0.25, 0.3) is 0 Å².